The predicted octanol–water partition coefficient (Wildman–Crippen LogP) is 1.26. The molecule has 0 aromatic carbocycles. The van der Waals surface area contributed by atoms with Crippen LogP contribution in [0.3, 0.4) is 0 Å². The summed E-state index contributed by atoms with van der Waals surface area (Å²) in [5, 5.41) is 22.6. The van der Waals surface area contributed by atoms with Crippen molar-refractivity contribution in [1.82, 2.24) is 9.61 Å². The summed E-state index contributed by atoms with van der Waals surface area (Å²) in [6.07, 6.45) is 2.92. The number of rotatable bonds is 2. The van der Waals surface area contributed by atoms with Gasteiger partial charge < -0.3 is 10.2 Å². The predicted molar refractivity (Wildman–Crippen MR) is 57.4 cm³/mol. The molecule has 0 aliphatic rings. The first-order valence-corrected chi connectivity index (χ1v) is 4.83. The van der Waals surface area contributed by atoms with Crippen LogP contribution in [0.25, 0.3) is 5.52 Å². The van der Waals surface area contributed by atoms with Crippen molar-refractivity contribution in [3.8, 4) is 0 Å². The van der Waals surface area contributed by atoms with Crippen molar-refractivity contribution in [2.24, 2.45) is 0 Å². The third-order valence-corrected chi connectivity index (χ3v) is 2.45. The fourth-order valence-electron chi connectivity index (χ4n) is 1.51. The lowest BCUT2D eigenvalue weighted by atomic mass is 10.0. The Morgan fingerprint density at radius 3 is 2.69 bits per heavy atom. The number of carbonyl (C=O) groups is 1. The van der Waals surface area contributed by atoms with Gasteiger partial charge in [0.05, 0.1) is 17.3 Å². The first-order chi connectivity index (χ1) is 7.39. The molecule has 0 aliphatic carbocycles. The molecule has 0 spiro atoms. The van der Waals surface area contributed by atoms with Gasteiger partial charge in [0.1, 0.15) is 5.56 Å². The number of hydrogen-bond donors (Lipinski definition) is 2. The second-order valence-electron chi connectivity index (χ2n) is 4.17. The SMILES string of the molecule is CC(C)(O)c1ccc2c(C(=O)O)cnn2c1. The van der Waals surface area contributed by atoms with Gasteiger partial charge in [0, 0.05) is 11.8 Å². The highest BCUT2D eigenvalue weighted by molar-refractivity contribution is 5.95. The fourth-order valence-corrected chi connectivity index (χ4v) is 1.51. The maximum atomic E-state index is 10.9. The molecule has 2 aromatic heterocycles. The van der Waals surface area contributed by atoms with Crippen molar-refractivity contribution in [2.45, 2.75) is 19.4 Å². The molecule has 2 heterocycles. The summed E-state index contributed by atoms with van der Waals surface area (Å²) in [6.45, 7) is 3.32. The highest BCUT2D eigenvalue weighted by Gasteiger charge is 2.18. The maximum absolute atomic E-state index is 10.9. The lowest BCUT2D eigenvalue weighted by Gasteiger charge is -2.17. The van der Waals surface area contributed by atoms with E-state index in [1.54, 1.807) is 32.2 Å². The molecular weight excluding hydrogens is 208 g/mol. The molecule has 0 amide bonds. The Bertz CT molecular complexity index is 552. The van der Waals surface area contributed by atoms with E-state index in [1.807, 2.05) is 0 Å². The van der Waals surface area contributed by atoms with Crippen molar-refractivity contribution in [1.29, 1.82) is 0 Å². The van der Waals surface area contributed by atoms with Crippen LogP contribution in [0.4, 0.5) is 0 Å². The summed E-state index contributed by atoms with van der Waals surface area (Å²) >= 11 is 0. The van der Waals surface area contributed by atoms with E-state index in [1.165, 1.54) is 10.7 Å². The Balaban J connectivity index is 2.62. The Morgan fingerprint density at radius 2 is 2.12 bits per heavy atom. The van der Waals surface area contributed by atoms with E-state index < -0.39 is 11.6 Å². The fraction of sp³-hybridized carbons (Fsp3) is 0.273. The zero-order chi connectivity index (χ0) is 11.9. The molecule has 0 saturated heterocycles. The normalized spacial score (nSPS) is 11.9. The smallest absolute Gasteiger partial charge is 0.339 e. The third-order valence-electron chi connectivity index (χ3n) is 2.45. The number of aromatic carboxylic acids is 1. The molecular formula is C11H12N2O3. The van der Waals surface area contributed by atoms with Crippen molar-refractivity contribution < 1.29 is 15.0 Å². The number of aromatic nitrogens is 2. The van der Waals surface area contributed by atoms with Crippen LogP contribution < -0.4 is 0 Å². The Hall–Kier alpha value is -1.88. The lowest BCUT2D eigenvalue weighted by molar-refractivity contribution is 0.0698. The van der Waals surface area contributed by atoms with Crippen LogP contribution >= 0.6 is 0 Å². The molecule has 0 atom stereocenters. The van der Waals surface area contributed by atoms with E-state index in [4.69, 9.17) is 5.11 Å². The number of aliphatic hydroxyl groups is 1. The van der Waals surface area contributed by atoms with Crippen LogP contribution in [-0.2, 0) is 5.60 Å². The number of carboxylic acids is 1. The average molecular weight is 220 g/mol. The molecule has 0 fully saturated rings. The summed E-state index contributed by atoms with van der Waals surface area (Å²) in [4.78, 5) is 10.9. The van der Waals surface area contributed by atoms with E-state index in [0.717, 1.165) is 0 Å². The Morgan fingerprint density at radius 1 is 1.44 bits per heavy atom. The van der Waals surface area contributed by atoms with Gasteiger partial charge in [-0.15, -0.1) is 0 Å². The minimum absolute atomic E-state index is 0.155. The number of carboxylic acid groups (broad SMARTS) is 1. The van der Waals surface area contributed by atoms with Gasteiger partial charge in [-0.2, -0.15) is 5.10 Å². The van der Waals surface area contributed by atoms with Crippen molar-refractivity contribution in [2.75, 3.05) is 0 Å². The van der Waals surface area contributed by atoms with Crippen LogP contribution in [0, 0.1) is 0 Å². The van der Waals surface area contributed by atoms with E-state index in [0.29, 0.717) is 11.1 Å². The molecule has 5 nitrogen and oxygen atoms in total. The van der Waals surface area contributed by atoms with Crippen LogP contribution in [0.1, 0.15) is 29.8 Å². The minimum Gasteiger partial charge on any atom is -0.478 e. The highest BCUT2D eigenvalue weighted by Crippen LogP contribution is 2.21. The second kappa shape index (κ2) is 3.31. The van der Waals surface area contributed by atoms with Gasteiger partial charge in [-0.25, -0.2) is 9.31 Å². The molecule has 2 N–H and O–H groups in total. The molecule has 0 radical (unpaired) electrons. The van der Waals surface area contributed by atoms with Gasteiger partial charge in [-0.3, -0.25) is 0 Å². The largest absolute Gasteiger partial charge is 0.478 e. The van der Waals surface area contributed by atoms with E-state index in [2.05, 4.69) is 5.10 Å². The first kappa shape index (κ1) is 10.6. The van der Waals surface area contributed by atoms with Crippen molar-refractivity contribution in [3.05, 3.63) is 35.7 Å². The van der Waals surface area contributed by atoms with E-state index in [-0.39, 0.29) is 5.56 Å². The lowest BCUT2D eigenvalue weighted by Crippen LogP contribution is -2.16. The van der Waals surface area contributed by atoms with E-state index >= 15 is 0 Å². The average Bonchev–Trinajstić information content (AvgIpc) is 2.58. The zero-order valence-electron chi connectivity index (χ0n) is 9.01. The standard InChI is InChI=1S/C11H12N2O3/c1-11(2,16)7-3-4-9-8(10(14)15)5-12-13(9)6-7/h3-6,16H,1-2H3,(H,14,15). The molecule has 16 heavy (non-hydrogen) atoms. The summed E-state index contributed by atoms with van der Waals surface area (Å²) in [7, 11) is 0. The molecule has 2 rings (SSSR count). The number of hydrogen-bond acceptors (Lipinski definition) is 3. The van der Waals surface area contributed by atoms with Crippen LogP contribution in [0.15, 0.2) is 24.5 Å². The molecule has 0 aliphatic heterocycles. The topological polar surface area (TPSA) is 74.8 Å². The quantitative estimate of drug-likeness (QED) is 0.799. The number of nitrogens with zero attached hydrogens (tertiary/aromatic N) is 2. The van der Waals surface area contributed by atoms with Gasteiger partial charge >= 0.3 is 5.97 Å². The van der Waals surface area contributed by atoms with Crippen molar-refractivity contribution in [3.63, 3.8) is 0 Å². The van der Waals surface area contributed by atoms with Gasteiger partial charge in [-0.05, 0) is 19.9 Å². The first-order valence-electron chi connectivity index (χ1n) is 4.83. The Labute approximate surface area is 91.9 Å². The molecule has 0 bridgehead atoms. The number of fused-ring (bicyclic) bond motifs is 1. The molecule has 0 saturated carbocycles. The van der Waals surface area contributed by atoms with E-state index in [9.17, 15) is 9.90 Å². The summed E-state index contributed by atoms with van der Waals surface area (Å²) in [6, 6.07) is 3.34. The highest BCUT2D eigenvalue weighted by atomic mass is 16.4. The monoisotopic (exact) mass is 220 g/mol. The van der Waals surface area contributed by atoms with Gasteiger partial charge in [0.2, 0.25) is 0 Å². The minimum atomic E-state index is -1.01. The van der Waals surface area contributed by atoms with Crippen LogP contribution in [-0.4, -0.2) is 25.8 Å². The van der Waals surface area contributed by atoms with Crippen LogP contribution in [0.5, 0.6) is 0 Å². The molecule has 5 heteroatoms. The summed E-state index contributed by atoms with van der Waals surface area (Å²) < 4.78 is 1.46. The van der Waals surface area contributed by atoms with Gasteiger partial charge in [0.15, 0.2) is 0 Å². The molecule has 84 valence electrons. The third kappa shape index (κ3) is 1.65. The molecule has 0 unspecified atom stereocenters. The van der Waals surface area contributed by atoms with Gasteiger partial charge in [-0.1, -0.05) is 6.07 Å². The maximum Gasteiger partial charge on any atom is 0.339 e. The summed E-state index contributed by atoms with van der Waals surface area (Å²) in [5.41, 5.74) is 0.381. The van der Waals surface area contributed by atoms with Gasteiger partial charge in [0.25, 0.3) is 0 Å². The Kier molecular flexibility index (Phi) is 2.20. The molecule has 2 aromatic rings. The number of pyridine rings is 1. The second-order valence-corrected chi connectivity index (χ2v) is 4.17. The summed E-state index contributed by atoms with van der Waals surface area (Å²) in [5.74, 6) is -1.01. The zero-order valence-corrected chi connectivity index (χ0v) is 9.01. The van der Waals surface area contributed by atoms with Crippen LogP contribution in [0.2, 0.25) is 0 Å². The van der Waals surface area contributed by atoms with Crippen molar-refractivity contribution >= 4 is 11.5 Å².